The number of nitrogens with zero attached hydrogens (tertiary/aromatic N) is 1. The summed E-state index contributed by atoms with van der Waals surface area (Å²) in [7, 11) is 0. The SMILES string of the molecule is CCN(CC)c1ccc2c(c1)OC1=C(C=O)CCCC1=C2. The first-order chi connectivity index (χ1) is 10.3. The third kappa shape index (κ3) is 2.48. The molecule has 0 saturated heterocycles. The molecule has 1 aromatic carbocycles. The molecular weight excluding hydrogens is 262 g/mol. The molecule has 3 heteroatoms. The Morgan fingerprint density at radius 2 is 2.05 bits per heavy atom. The van der Waals surface area contributed by atoms with Gasteiger partial charge in [-0.3, -0.25) is 4.79 Å². The van der Waals surface area contributed by atoms with Crippen LogP contribution in [0, 0.1) is 0 Å². The van der Waals surface area contributed by atoms with E-state index in [4.69, 9.17) is 4.74 Å². The van der Waals surface area contributed by atoms with Crippen molar-refractivity contribution in [3.63, 3.8) is 0 Å². The summed E-state index contributed by atoms with van der Waals surface area (Å²) >= 11 is 0. The van der Waals surface area contributed by atoms with Gasteiger partial charge in [-0.05, 0) is 56.9 Å². The summed E-state index contributed by atoms with van der Waals surface area (Å²) in [6.07, 6.45) is 5.95. The van der Waals surface area contributed by atoms with E-state index in [1.165, 1.54) is 5.69 Å². The van der Waals surface area contributed by atoms with Crippen molar-refractivity contribution in [1.82, 2.24) is 0 Å². The van der Waals surface area contributed by atoms with Crippen LogP contribution in [0.2, 0.25) is 0 Å². The van der Waals surface area contributed by atoms with E-state index in [1.807, 2.05) is 0 Å². The molecule has 1 heterocycles. The topological polar surface area (TPSA) is 29.5 Å². The highest BCUT2D eigenvalue weighted by molar-refractivity contribution is 5.80. The van der Waals surface area contributed by atoms with Crippen molar-refractivity contribution in [3.8, 4) is 5.75 Å². The number of fused-ring (bicyclic) bond motifs is 2. The molecule has 0 unspecified atom stereocenters. The van der Waals surface area contributed by atoms with Gasteiger partial charge in [0.1, 0.15) is 17.8 Å². The highest BCUT2D eigenvalue weighted by Crippen LogP contribution is 2.40. The molecule has 0 N–H and O–H groups in total. The number of aldehydes is 1. The van der Waals surface area contributed by atoms with Crippen molar-refractivity contribution in [3.05, 3.63) is 40.7 Å². The van der Waals surface area contributed by atoms with E-state index >= 15 is 0 Å². The Morgan fingerprint density at radius 3 is 2.76 bits per heavy atom. The number of rotatable bonds is 4. The highest BCUT2D eigenvalue weighted by Gasteiger charge is 2.24. The van der Waals surface area contributed by atoms with E-state index < -0.39 is 0 Å². The van der Waals surface area contributed by atoms with Crippen LogP contribution in [0.5, 0.6) is 5.75 Å². The van der Waals surface area contributed by atoms with Gasteiger partial charge in [0, 0.05) is 36.0 Å². The van der Waals surface area contributed by atoms with Gasteiger partial charge in [0.15, 0.2) is 0 Å². The number of hydrogen-bond acceptors (Lipinski definition) is 3. The standard InChI is InChI=1S/C18H21NO2/c1-3-19(4-2)16-9-8-13-10-14-6-5-7-15(12-20)18(14)21-17(13)11-16/h8-12H,3-7H2,1-2H3. The fourth-order valence-electron chi connectivity index (χ4n) is 3.10. The summed E-state index contributed by atoms with van der Waals surface area (Å²) in [5, 5.41) is 0. The maximum atomic E-state index is 11.2. The number of allylic oxidation sites excluding steroid dienone is 2. The second-order valence-corrected chi connectivity index (χ2v) is 5.49. The van der Waals surface area contributed by atoms with Gasteiger partial charge in [0.2, 0.25) is 0 Å². The van der Waals surface area contributed by atoms with Crippen molar-refractivity contribution in [2.24, 2.45) is 0 Å². The van der Waals surface area contributed by atoms with Crippen LogP contribution in [0.1, 0.15) is 38.7 Å². The van der Waals surface area contributed by atoms with E-state index in [9.17, 15) is 4.79 Å². The molecule has 0 bridgehead atoms. The van der Waals surface area contributed by atoms with Crippen LogP contribution >= 0.6 is 0 Å². The van der Waals surface area contributed by atoms with Gasteiger partial charge in [-0.2, -0.15) is 0 Å². The Hall–Kier alpha value is -2.03. The van der Waals surface area contributed by atoms with Gasteiger partial charge in [-0.25, -0.2) is 0 Å². The lowest BCUT2D eigenvalue weighted by atomic mass is 9.90. The van der Waals surface area contributed by atoms with Crippen LogP contribution < -0.4 is 9.64 Å². The molecule has 0 fully saturated rings. The molecular formula is C18H21NO2. The molecule has 3 rings (SSSR count). The molecule has 0 saturated carbocycles. The molecule has 3 nitrogen and oxygen atoms in total. The smallest absolute Gasteiger partial charge is 0.149 e. The number of benzene rings is 1. The fourth-order valence-corrected chi connectivity index (χ4v) is 3.10. The van der Waals surface area contributed by atoms with Crippen molar-refractivity contribution in [2.75, 3.05) is 18.0 Å². The van der Waals surface area contributed by atoms with Crippen molar-refractivity contribution in [2.45, 2.75) is 33.1 Å². The lowest BCUT2D eigenvalue weighted by molar-refractivity contribution is -0.105. The van der Waals surface area contributed by atoms with E-state index in [0.717, 1.165) is 66.9 Å². The summed E-state index contributed by atoms with van der Waals surface area (Å²) in [5.41, 5.74) is 4.23. The zero-order valence-corrected chi connectivity index (χ0v) is 12.7. The second kappa shape index (κ2) is 5.76. The van der Waals surface area contributed by atoms with Gasteiger partial charge in [-0.15, -0.1) is 0 Å². The Morgan fingerprint density at radius 1 is 1.24 bits per heavy atom. The first kappa shape index (κ1) is 13.9. The first-order valence-corrected chi connectivity index (χ1v) is 7.73. The second-order valence-electron chi connectivity index (χ2n) is 5.49. The number of anilines is 1. The summed E-state index contributed by atoms with van der Waals surface area (Å²) in [6.45, 7) is 6.24. The molecule has 0 atom stereocenters. The number of carbonyl (C=O) groups excluding carboxylic acids is 1. The van der Waals surface area contributed by atoms with Gasteiger partial charge in [0.25, 0.3) is 0 Å². The van der Waals surface area contributed by atoms with Gasteiger partial charge < -0.3 is 9.64 Å². The molecule has 0 aromatic heterocycles. The van der Waals surface area contributed by atoms with Gasteiger partial charge in [0.05, 0.1) is 0 Å². The highest BCUT2D eigenvalue weighted by atomic mass is 16.5. The van der Waals surface area contributed by atoms with Crippen LogP contribution in [0.25, 0.3) is 6.08 Å². The quantitative estimate of drug-likeness (QED) is 0.784. The number of hydrogen-bond donors (Lipinski definition) is 0. The predicted octanol–water partition coefficient (Wildman–Crippen LogP) is 3.95. The summed E-state index contributed by atoms with van der Waals surface area (Å²) in [6, 6.07) is 6.34. The average molecular weight is 283 g/mol. The lowest BCUT2D eigenvalue weighted by Crippen LogP contribution is -2.22. The van der Waals surface area contributed by atoms with Crippen molar-refractivity contribution >= 4 is 18.0 Å². The van der Waals surface area contributed by atoms with Gasteiger partial charge >= 0.3 is 0 Å². The monoisotopic (exact) mass is 283 g/mol. The fraction of sp³-hybridized carbons (Fsp3) is 0.389. The lowest BCUT2D eigenvalue weighted by Gasteiger charge is -2.27. The molecule has 2 aliphatic rings. The summed E-state index contributed by atoms with van der Waals surface area (Å²) < 4.78 is 6.07. The first-order valence-electron chi connectivity index (χ1n) is 7.73. The maximum absolute atomic E-state index is 11.2. The van der Waals surface area contributed by atoms with E-state index in [0.29, 0.717) is 0 Å². The average Bonchev–Trinajstić information content (AvgIpc) is 2.53. The molecule has 0 radical (unpaired) electrons. The maximum Gasteiger partial charge on any atom is 0.149 e. The van der Waals surface area contributed by atoms with Gasteiger partial charge in [-0.1, -0.05) is 0 Å². The van der Waals surface area contributed by atoms with E-state index in [1.54, 1.807) is 0 Å². The summed E-state index contributed by atoms with van der Waals surface area (Å²) in [5.74, 6) is 1.65. The molecule has 0 amide bonds. The molecule has 1 aliphatic heterocycles. The number of carbonyl (C=O) groups is 1. The van der Waals surface area contributed by atoms with E-state index in [2.05, 4.69) is 43.0 Å². The van der Waals surface area contributed by atoms with Crippen LogP contribution in [-0.4, -0.2) is 19.4 Å². The molecule has 110 valence electrons. The minimum atomic E-state index is 0.792. The molecule has 21 heavy (non-hydrogen) atoms. The van der Waals surface area contributed by atoms with Crippen molar-refractivity contribution in [1.29, 1.82) is 0 Å². The Kier molecular flexibility index (Phi) is 3.82. The molecule has 1 aromatic rings. The third-order valence-corrected chi connectivity index (χ3v) is 4.29. The predicted molar refractivity (Wildman–Crippen MR) is 85.5 cm³/mol. The van der Waals surface area contributed by atoms with Crippen LogP contribution in [-0.2, 0) is 4.79 Å². The number of ether oxygens (including phenoxy) is 1. The third-order valence-electron chi connectivity index (χ3n) is 4.29. The molecule has 0 spiro atoms. The van der Waals surface area contributed by atoms with Crippen LogP contribution in [0.4, 0.5) is 5.69 Å². The Bertz CT molecular complexity index is 624. The largest absolute Gasteiger partial charge is 0.456 e. The normalized spacial score (nSPS) is 16.6. The Labute approximate surface area is 125 Å². The van der Waals surface area contributed by atoms with E-state index in [-0.39, 0.29) is 0 Å². The zero-order chi connectivity index (χ0) is 14.8. The van der Waals surface area contributed by atoms with Crippen LogP contribution in [0.15, 0.2) is 35.1 Å². The molecule has 1 aliphatic carbocycles. The van der Waals surface area contributed by atoms with Crippen LogP contribution in [0.3, 0.4) is 0 Å². The van der Waals surface area contributed by atoms with Crippen molar-refractivity contribution < 1.29 is 9.53 Å². The zero-order valence-electron chi connectivity index (χ0n) is 12.7. The Balaban J connectivity index is 2.02. The minimum Gasteiger partial charge on any atom is -0.456 e. The minimum absolute atomic E-state index is 0.792. The summed E-state index contributed by atoms with van der Waals surface area (Å²) in [4.78, 5) is 13.5.